The van der Waals surface area contributed by atoms with E-state index in [1.54, 1.807) is 4.90 Å². The lowest BCUT2D eigenvalue weighted by Crippen LogP contribution is -2.57. The van der Waals surface area contributed by atoms with Crippen LogP contribution in [0, 0.1) is 17.2 Å². The smallest absolute Gasteiger partial charge is 0.242 e. The Morgan fingerprint density at radius 2 is 2.03 bits per heavy atom. The molecule has 1 aromatic carbocycles. The zero-order valence-corrected chi connectivity index (χ0v) is 16.6. The predicted molar refractivity (Wildman–Crippen MR) is 106 cm³/mol. The van der Waals surface area contributed by atoms with Gasteiger partial charge in [-0.2, -0.15) is 5.26 Å². The fraction of sp³-hybridized carbons (Fsp3) is 0.591. The number of rotatable bonds is 5. The van der Waals surface area contributed by atoms with Gasteiger partial charge in [-0.15, -0.1) is 0 Å². The number of benzene rings is 1. The number of hydrogen-bond acceptors (Lipinski definition) is 5. The van der Waals surface area contributed by atoms with Gasteiger partial charge in [0.05, 0.1) is 24.2 Å². The summed E-state index contributed by atoms with van der Waals surface area (Å²) in [6.45, 7) is 3.21. The molecule has 3 saturated heterocycles. The van der Waals surface area contributed by atoms with E-state index in [2.05, 4.69) is 30.0 Å². The summed E-state index contributed by atoms with van der Waals surface area (Å²) < 4.78 is 0. The molecule has 152 valence electrons. The second-order valence-corrected chi connectivity index (χ2v) is 8.99. The molecule has 4 fully saturated rings. The highest BCUT2D eigenvalue weighted by molar-refractivity contribution is 5.87. The third kappa shape index (κ3) is 2.93. The predicted octanol–water partition coefficient (Wildman–Crippen LogP) is 0.873. The van der Waals surface area contributed by atoms with Crippen LogP contribution in [0.4, 0.5) is 0 Å². The monoisotopic (exact) mass is 393 g/mol. The first kappa shape index (κ1) is 18.6. The summed E-state index contributed by atoms with van der Waals surface area (Å²) in [5.41, 5.74) is 7.41. The van der Waals surface area contributed by atoms with Crippen LogP contribution in [0.15, 0.2) is 30.3 Å². The lowest BCUT2D eigenvalue weighted by molar-refractivity contribution is -0.141. The second-order valence-electron chi connectivity index (χ2n) is 8.99. The molecule has 4 aliphatic rings. The van der Waals surface area contributed by atoms with Crippen LogP contribution in [0.1, 0.15) is 37.8 Å². The van der Waals surface area contributed by atoms with Crippen molar-refractivity contribution in [1.82, 2.24) is 14.7 Å². The van der Waals surface area contributed by atoms with Gasteiger partial charge in [0.25, 0.3) is 0 Å². The van der Waals surface area contributed by atoms with Crippen molar-refractivity contribution in [3.63, 3.8) is 0 Å². The van der Waals surface area contributed by atoms with Gasteiger partial charge in [0.1, 0.15) is 6.04 Å². The number of piperidine rings is 1. The number of likely N-dealkylation sites (tertiary alicyclic amines) is 3. The average Bonchev–Trinajstić information content (AvgIpc) is 3.07. The van der Waals surface area contributed by atoms with Crippen molar-refractivity contribution in [2.45, 2.75) is 62.4 Å². The molecular formula is C22H27N5O2. The van der Waals surface area contributed by atoms with Gasteiger partial charge in [-0.05, 0) is 37.7 Å². The van der Waals surface area contributed by atoms with Gasteiger partial charge < -0.3 is 15.5 Å². The Hall–Kier alpha value is -2.43. The van der Waals surface area contributed by atoms with Crippen LogP contribution in [0.5, 0.6) is 0 Å². The minimum atomic E-state index is -0.683. The van der Waals surface area contributed by atoms with Crippen molar-refractivity contribution < 1.29 is 9.59 Å². The van der Waals surface area contributed by atoms with Crippen LogP contribution in [0.3, 0.4) is 0 Å². The summed E-state index contributed by atoms with van der Waals surface area (Å²) in [4.78, 5) is 31.8. The molecule has 2 N–H and O–H groups in total. The van der Waals surface area contributed by atoms with E-state index in [1.807, 2.05) is 23.1 Å². The van der Waals surface area contributed by atoms with E-state index in [-0.39, 0.29) is 42.0 Å². The van der Waals surface area contributed by atoms with Crippen molar-refractivity contribution in [3.05, 3.63) is 35.9 Å². The quantitative estimate of drug-likeness (QED) is 0.801. The first-order chi connectivity index (χ1) is 14.0. The van der Waals surface area contributed by atoms with Crippen molar-refractivity contribution in [2.75, 3.05) is 13.1 Å². The summed E-state index contributed by atoms with van der Waals surface area (Å²) >= 11 is 0. The lowest BCUT2D eigenvalue weighted by Gasteiger charge is -2.38. The van der Waals surface area contributed by atoms with Gasteiger partial charge >= 0.3 is 0 Å². The molecule has 1 aliphatic carbocycles. The topological polar surface area (TPSA) is 93.7 Å². The first-order valence-electron chi connectivity index (χ1n) is 10.6. The summed E-state index contributed by atoms with van der Waals surface area (Å²) in [5, 5.41) is 9.34. The highest BCUT2D eigenvalue weighted by Gasteiger charge is 2.56. The standard InChI is InChI=1S/C22H27N5O2/c1-13(14-5-3-2-4-6-14)26-17-9-20(22(26)29)25(11-17)12-18(24)21(28)27-16(10-23)7-15-8-19(15)27/h2-6,13,15-20H,7-9,11-12,24H2,1H3/t13-,15-,16+,17+,18+,19+,20+/m1/s1. The van der Waals surface area contributed by atoms with Gasteiger partial charge in [-0.3, -0.25) is 14.5 Å². The van der Waals surface area contributed by atoms with Crippen LogP contribution < -0.4 is 5.73 Å². The summed E-state index contributed by atoms with van der Waals surface area (Å²) in [6, 6.07) is 11.5. The van der Waals surface area contributed by atoms with Crippen LogP contribution in [0.2, 0.25) is 0 Å². The Morgan fingerprint density at radius 3 is 2.72 bits per heavy atom. The minimum absolute atomic E-state index is 0.0453. The maximum Gasteiger partial charge on any atom is 0.242 e. The number of carbonyl (C=O) groups is 2. The van der Waals surface area contributed by atoms with E-state index >= 15 is 0 Å². The van der Waals surface area contributed by atoms with E-state index in [1.165, 1.54) is 0 Å². The van der Waals surface area contributed by atoms with Gasteiger partial charge in [0.2, 0.25) is 11.8 Å². The van der Waals surface area contributed by atoms with Gasteiger partial charge in [-0.1, -0.05) is 30.3 Å². The highest BCUT2D eigenvalue weighted by atomic mass is 16.2. The molecule has 0 radical (unpaired) electrons. The Bertz CT molecular complexity index is 868. The van der Waals surface area contributed by atoms with Crippen LogP contribution >= 0.6 is 0 Å². The number of piperazine rings is 1. The zero-order valence-electron chi connectivity index (χ0n) is 16.6. The third-order valence-corrected chi connectivity index (χ3v) is 7.27. The lowest BCUT2D eigenvalue weighted by atomic mass is 10.1. The van der Waals surface area contributed by atoms with Crippen molar-refractivity contribution in [3.8, 4) is 6.07 Å². The molecule has 0 unspecified atom stereocenters. The van der Waals surface area contributed by atoms with Crippen LogP contribution in [-0.2, 0) is 9.59 Å². The number of carbonyl (C=O) groups excluding carboxylic acids is 2. The van der Waals surface area contributed by atoms with Gasteiger partial charge in [0, 0.05) is 25.2 Å². The largest absolute Gasteiger partial charge is 0.330 e. The number of nitrogens with zero attached hydrogens (tertiary/aromatic N) is 4. The van der Waals surface area contributed by atoms with Gasteiger partial charge in [-0.25, -0.2) is 0 Å². The molecule has 7 heteroatoms. The minimum Gasteiger partial charge on any atom is -0.330 e. The normalized spacial score (nSPS) is 34.8. The van der Waals surface area contributed by atoms with E-state index in [9.17, 15) is 14.9 Å². The number of amides is 2. The van der Waals surface area contributed by atoms with Crippen molar-refractivity contribution in [1.29, 1.82) is 5.26 Å². The Morgan fingerprint density at radius 1 is 1.28 bits per heavy atom. The molecule has 3 heterocycles. The molecule has 1 aromatic rings. The SMILES string of the molecule is C[C@H](c1ccccc1)N1C(=O)[C@@H]2C[C@H]1CN2C[C@H](N)C(=O)N1[C@H](C#N)C[C@@H]2C[C@@H]21. The van der Waals surface area contributed by atoms with E-state index in [0.29, 0.717) is 12.5 Å². The third-order valence-electron chi connectivity index (χ3n) is 7.27. The van der Waals surface area contributed by atoms with Crippen LogP contribution in [0.25, 0.3) is 0 Å². The van der Waals surface area contributed by atoms with E-state index in [4.69, 9.17) is 5.73 Å². The molecule has 0 aromatic heterocycles. The molecule has 29 heavy (non-hydrogen) atoms. The average molecular weight is 393 g/mol. The Kier molecular flexibility index (Phi) is 4.37. The summed E-state index contributed by atoms with van der Waals surface area (Å²) in [5.74, 6) is 0.482. The molecule has 3 aliphatic heterocycles. The molecule has 2 amide bonds. The van der Waals surface area contributed by atoms with Crippen molar-refractivity contribution in [2.24, 2.45) is 11.7 Å². The maximum absolute atomic E-state index is 13.1. The van der Waals surface area contributed by atoms with E-state index < -0.39 is 6.04 Å². The number of hydrogen-bond donors (Lipinski definition) is 1. The maximum atomic E-state index is 13.1. The Labute approximate surface area is 171 Å². The second kappa shape index (κ2) is 6.82. The Balaban J connectivity index is 1.23. The summed E-state index contributed by atoms with van der Waals surface area (Å²) in [6.07, 6.45) is 2.57. The fourth-order valence-electron chi connectivity index (χ4n) is 5.70. The van der Waals surface area contributed by atoms with Gasteiger partial charge in [0.15, 0.2) is 0 Å². The zero-order chi connectivity index (χ0) is 20.3. The highest BCUT2D eigenvalue weighted by Crippen LogP contribution is 2.48. The molecule has 0 spiro atoms. The fourth-order valence-corrected chi connectivity index (χ4v) is 5.70. The number of fused-ring (bicyclic) bond motifs is 3. The molecule has 7 atom stereocenters. The molecule has 5 rings (SSSR count). The summed E-state index contributed by atoms with van der Waals surface area (Å²) in [7, 11) is 0. The number of nitrogens with two attached hydrogens (primary N) is 1. The van der Waals surface area contributed by atoms with E-state index in [0.717, 1.165) is 31.4 Å². The molecular weight excluding hydrogens is 366 g/mol. The first-order valence-corrected chi connectivity index (χ1v) is 10.6. The molecule has 7 nitrogen and oxygen atoms in total. The molecule has 2 bridgehead atoms. The molecule has 1 saturated carbocycles. The van der Waals surface area contributed by atoms with Crippen molar-refractivity contribution >= 4 is 11.8 Å². The number of nitriles is 1. The van der Waals surface area contributed by atoms with Crippen LogP contribution in [-0.4, -0.2) is 69.8 Å².